The lowest BCUT2D eigenvalue weighted by atomic mass is 10.6. The quantitative estimate of drug-likeness (QED) is 0.518. The molecule has 1 rings (SSSR count). The monoisotopic (exact) mass is 205 g/mol. The Morgan fingerprint density at radius 1 is 1.54 bits per heavy atom. The van der Waals surface area contributed by atoms with Gasteiger partial charge >= 0.3 is 0 Å². The van der Waals surface area contributed by atoms with E-state index < -0.39 is 0 Å². The number of aromatic nitrogens is 4. The zero-order valence-electron chi connectivity index (χ0n) is 7.40. The first-order valence-electron chi connectivity index (χ1n) is 3.94. The van der Waals surface area contributed by atoms with E-state index in [2.05, 4.69) is 20.8 Å². The predicted octanol–water partition coefficient (Wildman–Crippen LogP) is -0.123. The van der Waals surface area contributed by atoms with Crippen molar-refractivity contribution in [2.24, 2.45) is 7.05 Å². The van der Waals surface area contributed by atoms with E-state index in [1.807, 2.05) is 0 Å². The third-order valence-electron chi connectivity index (χ3n) is 1.37. The minimum atomic E-state index is 0.519. The van der Waals surface area contributed by atoms with Crippen molar-refractivity contribution in [1.29, 1.82) is 0 Å². The second-order valence-electron chi connectivity index (χ2n) is 2.35. The SMILES string of the molecule is Cn1nnnc1NCCOCCCl. The molecule has 0 aromatic carbocycles. The first-order valence-corrected chi connectivity index (χ1v) is 4.48. The molecule has 0 aliphatic rings. The summed E-state index contributed by atoms with van der Waals surface area (Å²) in [6.45, 7) is 1.84. The van der Waals surface area contributed by atoms with Crippen LogP contribution in [0.5, 0.6) is 0 Å². The summed E-state index contributed by atoms with van der Waals surface area (Å²) >= 11 is 5.42. The number of hydrogen-bond acceptors (Lipinski definition) is 5. The van der Waals surface area contributed by atoms with E-state index in [-0.39, 0.29) is 0 Å². The molecule has 0 bridgehead atoms. The summed E-state index contributed by atoms with van der Waals surface area (Å²) in [6, 6.07) is 0. The number of tetrazole rings is 1. The van der Waals surface area contributed by atoms with Gasteiger partial charge in [0.1, 0.15) is 0 Å². The maximum atomic E-state index is 5.42. The Hall–Kier alpha value is -0.880. The van der Waals surface area contributed by atoms with Crippen LogP contribution in [0, 0.1) is 0 Å². The Bertz CT molecular complexity index is 241. The highest BCUT2D eigenvalue weighted by Crippen LogP contribution is 1.93. The van der Waals surface area contributed by atoms with E-state index in [0.717, 1.165) is 0 Å². The molecule has 7 heteroatoms. The van der Waals surface area contributed by atoms with Gasteiger partial charge in [-0.1, -0.05) is 5.10 Å². The van der Waals surface area contributed by atoms with Gasteiger partial charge in [-0.15, -0.1) is 11.6 Å². The lowest BCUT2D eigenvalue weighted by Crippen LogP contribution is -2.13. The Balaban J connectivity index is 2.10. The van der Waals surface area contributed by atoms with Gasteiger partial charge in [-0.3, -0.25) is 0 Å². The maximum Gasteiger partial charge on any atom is 0.242 e. The van der Waals surface area contributed by atoms with Crippen molar-refractivity contribution in [2.45, 2.75) is 0 Å². The second-order valence-corrected chi connectivity index (χ2v) is 2.73. The molecule has 1 aromatic heterocycles. The fourth-order valence-electron chi connectivity index (χ4n) is 0.771. The first kappa shape index (κ1) is 10.2. The van der Waals surface area contributed by atoms with Crippen LogP contribution in [0.4, 0.5) is 5.95 Å². The maximum absolute atomic E-state index is 5.42. The van der Waals surface area contributed by atoms with Gasteiger partial charge in [-0.2, -0.15) is 0 Å². The van der Waals surface area contributed by atoms with Crippen LogP contribution in [-0.2, 0) is 11.8 Å². The lowest BCUT2D eigenvalue weighted by Gasteiger charge is -2.03. The third-order valence-corrected chi connectivity index (χ3v) is 1.53. The average molecular weight is 206 g/mol. The minimum absolute atomic E-state index is 0.519. The van der Waals surface area contributed by atoms with Gasteiger partial charge in [-0.05, 0) is 10.4 Å². The summed E-state index contributed by atoms with van der Waals surface area (Å²) in [5.41, 5.74) is 0. The Labute approximate surface area is 81.2 Å². The molecule has 0 saturated heterocycles. The van der Waals surface area contributed by atoms with Gasteiger partial charge < -0.3 is 10.1 Å². The topological polar surface area (TPSA) is 64.9 Å². The van der Waals surface area contributed by atoms with Gasteiger partial charge in [0, 0.05) is 19.5 Å². The zero-order valence-corrected chi connectivity index (χ0v) is 8.16. The van der Waals surface area contributed by atoms with Crippen LogP contribution in [0.3, 0.4) is 0 Å². The zero-order chi connectivity index (χ0) is 9.52. The van der Waals surface area contributed by atoms with E-state index in [0.29, 0.717) is 31.6 Å². The summed E-state index contributed by atoms with van der Waals surface area (Å²) in [4.78, 5) is 0. The van der Waals surface area contributed by atoms with Gasteiger partial charge in [0.25, 0.3) is 0 Å². The Kier molecular flexibility index (Phi) is 4.48. The number of halogens is 1. The predicted molar refractivity (Wildman–Crippen MR) is 48.8 cm³/mol. The summed E-state index contributed by atoms with van der Waals surface area (Å²) in [5.74, 6) is 1.15. The number of ether oxygens (including phenoxy) is 1. The first-order chi connectivity index (χ1) is 6.34. The van der Waals surface area contributed by atoms with Crippen molar-refractivity contribution in [2.75, 3.05) is 31.0 Å². The fourth-order valence-corrected chi connectivity index (χ4v) is 0.880. The molecule has 6 nitrogen and oxygen atoms in total. The highest BCUT2D eigenvalue weighted by atomic mass is 35.5. The van der Waals surface area contributed by atoms with Crippen LogP contribution < -0.4 is 5.32 Å². The highest BCUT2D eigenvalue weighted by molar-refractivity contribution is 6.17. The van der Waals surface area contributed by atoms with E-state index in [4.69, 9.17) is 16.3 Å². The van der Waals surface area contributed by atoms with Crippen LogP contribution in [0.1, 0.15) is 0 Å². The summed E-state index contributed by atoms with van der Waals surface area (Å²) in [5, 5.41) is 13.9. The summed E-state index contributed by atoms with van der Waals surface area (Å²) in [6.07, 6.45) is 0. The number of alkyl halides is 1. The molecule has 0 spiro atoms. The Morgan fingerprint density at radius 3 is 3.00 bits per heavy atom. The van der Waals surface area contributed by atoms with Crippen LogP contribution in [-0.4, -0.2) is 45.8 Å². The second kappa shape index (κ2) is 5.71. The number of nitrogens with zero attached hydrogens (tertiary/aromatic N) is 4. The average Bonchev–Trinajstić information content (AvgIpc) is 2.52. The van der Waals surface area contributed by atoms with E-state index in [9.17, 15) is 0 Å². The van der Waals surface area contributed by atoms with Crippen molar-refractivity contribution in [3.05, 3.63) is 0 Å². The molecule has 1 aromatic rings. The largest absolute Gasteiger partial charge is 0.378 e. The van der Waals surface area contributed by atoms with E-state index in [1.165, 1.54) is 0 Å². The van der Waals surface area contributed by atoms with Gasteiger partial charge in [-0.25, -0.2) is 4.68 Å². The van der Waals surface area contributed by atoms with Crippen molar-refractivity contribution < 1.29 is 4.74 Å². The van der Waals surface area contributed by atoms with Crippen LogP contribution in [0.2, 0.25) is 0 Å². The number of rotatable bonds is 6. The number of nitrogens with one attached hydrogen (secondary N) is 1. The normalized spacial score (nSPS) is 10.3. The molecule has 0 unspecified atom stereocenters. The van der Waals surface area contributed by atoms with Gasteiger partial charge in [0.05, 0.1) is 13.2 Å². The van der Waals surface area contributed by atoms with Crippen molar-refractivity contribution in [3.63, 3.8) is 0 Å². The van der Waals surface area contributed by atoms with Crippen LogP contribution >= 0.6 is 11.6 Å². The Morgan fingerprint density at radius 2 is 2.38 bits per heavy atom. The van der Waals surface area contributed by atoms with Crippen LogP contribution in [0.25, 0.3) is 0 Å². The van der Waals surface area contributed by atoms with Crippen LogP contribution in [0.15, 0.2) is 0 Å². The molecule has 1 heterocycles. The molecular weight excluding hydrogens is 194 g/mol. The molecule has 0 fully saturated rings. The van der Waals surface area contributed by atoms with Crippen molar-refractivity contribution in [3.8, 4) is 0 Å². The number of aryl methyl sites for hydroxylation is 1. The lowest BCUT2D eigenvalue weighted by molar-refractivity contribution is 0.159. The molecule has 13 heavy (non-hydrogen) atoms. The smallest absolute Gasteiger partial charge is 0.242 e. The molecule has 1 N–H and O–H groups in total. The molecule has 0 atom stereocenters. The summed E-state index contributed by atoms with van der Waals surface area (Å²) in [7, 11) is 1.77. The third kappa shape index (κ3) is 3.56. The van der Waals surface area contributed by atoms with Crippen molar-refractivity contribution >= 4 is 17.5 Å². The van der Waals surface area contributed by atoms with Gasteiger partial charge in [0.15, 0.2) is 0 Å². The minimum Gasteiger partial charge on any atom is -0.378 e. The summed E-state index contributed by atoms with van der Waals surface area (Å²) < 4.78 is 6.71. The molecule has 0 saturated carbocycles. The van der Waals surface area contributed by atoms with Crippen molar-refractivity contribution in [1.82, 2.24) is 20.2 Å². The standard InChI is InChI=1S/C6H12ClN5O/c1-12-6(9-10-11-12)8-3-5-13-4-2-7/h2-5H2,1H3,(H,8,9,11). The van der Waals surface area contributed by atoms with Gasteiger partial charge in [0.2, 0.25) is 5.95 Å². The number of anilines is 1. The number of hydrogen-bond donors (Lipinski definition) is 1. The molecule has 0 aliphatic carbocycles. The highest BCUT2D eigenvalue weighted by Gasteiger charge is 1.98. The molecule has 74 valence electrons. The fraction of sp³-hybridized carbons (Fsp3) is 0.833. The molecule has 0 aliphatic heterocycles. The van der Waals surface area contributed by atoms with E-state index in [1.54, 1.807) is 11.7 Å². The molecule has 0 amide bonds. The van der Waals surface area contributed by atoms with E-state index >= 15 is 0 Å². The molecular formula is C6H12ClN5O. The molecule has 0 radical (unpaired) electrons.